The molecule has 0 saturated heterocycles. The van der Waals surface area contributed by atoms with Gasteiger partial charge in [-0.25, -0.2) is 0 Å². The third-order valence-corrected chi connectivity index (χ3v) is 9.39. The topological polar surface area (TPSA) is 29.5 Å². The first-order valence-electron chi connectivity index (χ1n) is 15.9. The quantitative estimate of drug-likeness (QED) is 0.201. The summed E-state index contributed by atoms with van der Waals surface area (Å²) < 4.78 is 12.8. The Morgan fingerprint density at radius 2 is 1.02 bits per heavy atom. The zero-order chi connectivity index (χ0) is 30.9. The highest BCUT2D eigenvalue weighted by Crippen LogP contribution is 2.41. The van der Waals surface area contributed by atoms with Crippen LogP contribution in [0.15, 0.2) is 173 Å². The molecule has 10 rings (SSSR count). The molecule has 0 aliphatic carbocycles. The largest absolute Gasteiger partial charge is 0.456 e. The Balaban J connectivity index is 1.10. The van der Waals surface area contributed by atoms with Gasteiger partial charge in [0.05, 0.1) is 0 Å². The molecule has 0 atom stereocenters. The summed E-state index contributed by atoms with van der Waals surface area (Å²) in [6.45, 7) is 0. The molecule has 0 bridgehead atoms. The highest BCUT2D eigenvalue weighted by Gasteiger charge is 2.17. The number of rotatable bonds is 4. The first kappa shape index (κ1) is 26.0. The van der Waals surface area contributed by atoms with Crippen LogP contribution in [0.2, 0.25) is 0 Å². The standard InChI is InChI=1S/C44H27NO2/c1-2-11-33(12-3-1)45(35-20-22-38-39-21-19-28-9-4-5-14-36(28)44(39)47-43(38)27-35)34-13-8-10-29(24-34)30-17-18-31-25-40-37-15-6-7-16-41(37)46-42(40)26-32(31)23-30/h1-27H. The second-order valence-electron chi connectivity index (χ2n) is 12.2. The van der Waals surface area contributed by atoms with Gasteiger partial charge in [0, 0.05) is 50.1 Å². The minimum Gasteiger partial charge on any atom is -0.456 e. The van der Waals surface area contributed by atoms with Crippen LogP contribution in [-0.2, 0) is 0 Å². The van der Waals surface area contributed by atoms with E-state index in [9.17, 15) is 0 Å². The average Bonchev–Trinajstić information content (AvgIpc) is 3.69. The lowest BCUT2D eigenvalue weighted by Crippen LogP contribution is -2.09. The van der Waals surface area contributed by atoms with E-state index in [0.29, 0.717) is 0 Å². The van der Waals surface area contributed by atoms with E-state index >= 15 is 0 Å². The minimum atomic E-state index is 0.873. The average molecular weight is 602 g/mol. The van der Waals surface area contributed by atoms with E-state index in [1.54, 1.807) is 0 Å². The number of hydrogen-bond donors (Lipinski definition) is 0. The monoisotopic (exact) mass is 601 g/mol. The van der Waals surface area contributed by atoms with Crippen LogP contribution in [0.3, 0.4) is 0 Å². The van der Waals surface area contributed by atoms with Gasteiger partial charge < -0.3 is 13.7 Å². The van der Waals surface area contributed by atoms with Crippen molar-refractivity contribution in [1.82, 2.24) is 0 Å². The first-order chi connectivity index (χ1) is 23.3. The Morgan fingerprint density at radius 3 is 1.96 bits per heavy atom. The van der Waals surface area contributed by atoms with Gasteiger partial charge in [-0.2, -0.15) is 0 Å². The third kappa shape index (κ3) is 4.14. The number of nitrogens with zero attached hydrogens (tertiary/aromatic N) is 1. The maximum absolute atomic E-state index is 6.58. The molecular formula is C44H27NO2. The lowest BCUT2D eigenvalue weighted by Gasteiger charge is -2.26. The second-order valence-corrected chi connectivity index (χ2v) is 12.2. The van der Waals surface area contributed by atoms with Crippen LogP contribution in [0.5, 0.6) is 0 Å². The van der Waals surface area contributed by atoms with Crippen LogP contribution < -0.4 is 4.90 Å². The van der Waals surface area contributed by atoms with Crippen molar-refractivity contribution in [3.8, 4) is 11.1 Å². The molecule has 0 N–H and O–H groups in total. The predicted molar refractivity (Wildman–Crippen MR) is 196 cm³/mol. The van der Waals surface area contributed by atoms with Crippen LogP contribution >= 0.6 is 0 Å². The Morgan fingerprint density at radius 1 is 0.319 bits per heavy atom. The maximum atomic E-state index is 6.58. The zero-order valence-corrected chi connectivity index (χ0v) is 25.4. The Labute approximate surface area is 270 Å². The number of anilines is 3. The number of furan rings is 2. The van der Waals surface area contributed by atoms with Crippen molar-refractivity contribution in [1.29, 1.82) is 0 Å². The molecule has 0 unspecified atom stereocenters. The molecule has 47 heavy (non-hydrogen) atoms. The molecule has 220 valence electrons. The van der Waals surface area contributed by atoms with Gasteiger partial charge >= 0.3 is 0 Å². The van der Waals surface area contributed by atoms with E-state index in [1.165, 1.54) is 10.8 Å². The fourth-order valence-electron chi connectivity index (χ4n) is 7.13. The Bertz CT molecular complexity index is 2810. The molecule has 0 aliphatic rings. The molecule has 0 radical (unpaired) electrons. The number of hydrogen-bond acceptors (Lipinski definition) is 3. The van der Waals surface area contributed by atoms with Crippen molar-refractivity contribution < 1.29 is 8.83 Å². The summed E-state index contributed by atoms with van der Waals surface area (Å²) >= 11 is 0. The summed E-state index contributed by atoms with van der Waals surface area (Å²) in [6.07, 6.45) is 0. The summed E-state index contributed by atoms with van der Waals surface area (Å²) in [5, 5.41) is 9.21. The SMILES string of the molecule is c1ccc(N(c2cccc(-c3ccc4cc5c(cc4c3)oc3ccccc35)c2)c2ccc3c(c2)oc2c4ccccc4ccc32)cc1. The lowest BCUT2D eigenvalue weighted by molar-refractivity contribution is 0.669. The van der Waals surface area contributed by atoms with Gasteiger partial charge in [0.25, 0.3) is 0 Å². The number of fused-ring (bicyclic) bond motifs is 9. The molecule has 2 aromatic heterocycles. The Kier molecular flexibility index (Phi) is 5.57. The summed E-state index contributed by atoms with van der Waals surface area (Å²) in [7, 11) is 0. The highest BCUT2D eigenvalue weighted by molar-refractivity contribution is 6.15. The molecule has 0 saturated carbocycles. The van der Waals surface area contributed by atoms with E-state index < -0.39 is 0 Å². The second kappa shape index (κ2) is 10.1. The van der Waals surface area contributed by atoms with Gasteiger partial charge in [0.1, 0.15) is 22.3 Å². The molecule has 0 amide bonds. The molecular weight excluding hydrogens is 574 g/mol. The van der Waals surface area contributed by atoms with Crippen molar-refractivity contribution in [2.24, 2.45) is 0 Å². The van der Waals surface area contributed by atoms with E-state index in [4.69, 9.17) is 8.83 Å². The summed E-state index contributed by atoms with van der Waals surface area (Å²) in [4.78, 5) is 2.30. The van der Waals surface area contributed by atoms with Crippen molar-refractivity contribution >= 4 is 82.5 Å². The smallest absolute Gasteiger partial charge is 0.143 e. The van der Waals surface area contributed by atoms with Crippen LogP contribution in [0.4, 0.5) is 17.1 Å². The highest BCUT2D eigenvalue weighted by atomic mass is 16.3. The molecule has 8 aromatic carbocycles. The summed E-state index contributed by atoms with van der Waals surface area (Å²) in [5.74, 6) is 0. The van der Waals surface area contributed by atoms with Gasteiger partial charge in [0.15, 0.2) is 0 Å². The van der Waals surface area contributed by atoms with Crippen LogP contribution in [0.1, 0.15) is 0 Å². The Hall–Kier alpha value is -6.32. The molecule has 3 heteroatoms. The number of benzene rings is 8. The predicted octanol–water partition coefficient (Wildman–Crippen LogP) is 12.9. The minimum absolute atomic E-state index is 0.873. The third-order valence-electron chi connectivity index (χ3n) is 9.39. The van der Waals surface area contributed by atoms with E-state index in [2.05, 4.69) is 157 Å². The van der Waals surface area contributed by atoms with Gasteiger partial charge in [-0.15, -0.1) is 0 Å². The molecule has 0 aliphatic heterocycles. The van der Waals surface area contributed by atoms with Gasteiger partial charge in [0.2, 0.25) is 0 Å². The zero-order valence-electron chi connectivity index (χ0n) is 25.4. The maximum Gasteiger partial charge on any atom is 0.143 e. The van der Waals surface area contributed by atoms with Crippen LogP contribution in [0, 0.1) is 0 Å². The lowest BCUT2D eigenvalue weighted by atomic mass is 9.99. The van der Waals surface area contributed by atoms with Gasteiger partial charge in [-0.1, -0.05) is 91.0 Å². The van der Waals surface area contributed by atoms with E-state index in [0.717, 1.165) is 82.8 Å². The van der Waals surface area contributed by atoms with Crippen molar-refractivity contribution in [3.63, 3.8) is 0 Å². The molecule has 0 fully saturated rings. The van der Waals surface area contributed by atoms with E-state index in [-0.39, 0.29) is 0 Å². The normalized spacial score (nSPS) is 11.8. The molecule has 0 spiro atoms. The molecule has 2 heterocycles. The summed E-state index contributed by atoms with van der Waals surface area (Å²) in [5.41, 5.74) is 9.12. The first-order valence-corrected chi connectivity index (χ1v) is 15.9. The van der Waals surface area contributed by atoms with Gasteiger partial charge in [-0.05, 0) is 94.0 Å². The molecule has 10 aromatic rings. The van der Waals surface area contributed by atoms with Crippen molar-refractivity contribution in [3.05, 3.63) is 164 Å². The van der Waals surface area contributed by atoms with E-state index in [1.807, 2.05) is 12.1 Å². The number of para-hydroxylation sites is 2. The fraction of sp³-hybridized carbons (Fsp3) is 0. The van der Waals surface area contributed by atoms with Crippen molar-refractivity contribution in [2.75, 3.05) is 4.90 Å². The summed E-state index contributed by atoms with van der Waals surface area (Å²) in [6, 6.07) is 57.9. The van der Waals surface area contributed by atoms with Crippen LogP contribution in [0.25, 0.3) is 76.5 Å². The van der Waals surface area contributed by atoms with Crippen LogP contribution in [-0.4, -0.2) is 0 Å². The molecule has 3 nitrogen and oxygen atoms in total. The van der Waals surface area contributed by atoms with Crippen molar-refractivity contribution in [2.45, 2.75) is 0 Å². The fourth-order valence-corrected chi connectivity index (χ4v) is 7.13. The van der Waals surface area contributed by atoms with Gasteiger partial charge in [-0.3, -0.25) is 0 Å².